The van der Waals surface area contributed by atoms with E-state index < -0.39 is 0 Å². The van der Waals surface area contributed by atoms with Gasteiger partial charge in [0.1, 0.15) is 0 Å². The van der Waals surface area contributed by atoms with Crippen LogP contribution in [0.2, 0.25) is 0 Å². The van der Waals surface area contributed by atoms with E-state index in [1.54, 1.807) is 12.1 Å². The summed E-state index contributed by atoms with van der Waals surface area (Å²) in [5.74, 6) is -0.0256. The molecule has 0 aromatic heterocycles. The summed E-state index contributed by atoms with van der Waals surface area (Å²) in [6, 6.07) is 15.4. The molecule has 2 aromatic carbocycles. The lowest BCUT2D eigenvalue weighted by Crippen LogP contribution is -2.24. The first kappa shape index (κ1) is 16.0. The van der Waals surface area contributed by atoms with Crippen molar-refractivity contribution < 1.29 is 9.13 Å². The summed E-state index contributed by atoms with van der Waals surface area (Å²) in [5.41, 5.74) is 2.21. The highest BCUT2D eigenvalue weighted by Crippen LogP contribution is 2.19. The normalized spacial score (nSPS) is 10.9. The van der Waals surface area contributed by atoms with E-state index in [2.05, 4.69) is 33.0 Å². The summed E-state index contributed by atoms with van der Waals surface area (Å²) in [7, 11) is 1.48. The molecular formula is C17H19BrFNO. The molecule has 0 aliphatic carbocycles. The van der Waals surface area contributed by atoms with E-state index >= 15 is 0 Å². The van der Waals surface area contributed by atoms with Gasteiger partial charge in [0.25, 0.3) is 0 Å². The van der Waals surface area contributed by atoms with E-state index in [9.17, 15) is 4.39 Å². The minimum Gasteiger partial charge on any atom is -0.494 e. The highest BCUT2D eigenvalue weighted by molar-refractivity contribution is 9.09. The minimum atomic E-state index is -0.312. The second kappa shape index (κ2) is 8.15. The molecule has 0 N–H and O–H groups in total. The van der Waals surface area contributed by atoms with E-state index in [4.69, 9.17) is 4.74 Å². The Morgan fingerprint density at radius 2 is 1.76 bits per heavy atom. The molecule has 0 atom stereocenters. The molecule has 0 bridgehead atoms. The van der Waals surface area contributed by atoms with Crippen molar-refractivity contribution in [2.75, 3.05) is 19.0 Å². The predicted octanol–water partition coefficient (Wildman–Crippen LogP) is 4.23. The zero-order chi connectivity index (χ0) is 15.1. The average Bonchev–Trinajstić information content (AvgIpc) is 2.49. The summed E-state index contributed by atoms with van der Waals surface area (Å²) in [5, 5.41) is 0.887. The van der Waals surface area contributed by atoms with Crippen LogP contribution < -0.4 is 4.74 Å². The molecule has 0 amide bonds. The van der Waals surface area contributed by atoms with Crippen LogP contribution in [0.1, 0.15) is 11.1 Å². The van der Waals surface area contributed by atoms with Crippen molar-refractivity contribution in [3.63, 3.8) is 0 Å². The Morgan fingerprint density at radius 1 is 1.05 bits per heavy atom. The average molecular weight is 352 g/mol. The summed E-state index contributed by atoms with van der Waals surface area (Å²) in [6.07, 6.45) is 0. The van der Waals surface area contributed by atoms with Crippen LogP contribution in [0.25, 0.3) is 0 Å². The summed E-state index contributed by atoms with van der Waals surface area (Å²) < 4.78 is 18.7. The van der Waals surface area contributed by atoms with Gasteiger partial charge in [0.2, 0.25) is 0 Å². The van der Waals surface area contributed by atoms with Gasteiger partial charge in [-0.05, 0) is 23.3 Å². The monoisotopic (exact) mass is 351 g/mol. The van der Waals surface area contributed by atoms with E-state index in [-0.39, 0.29) is 11.6 Å². The zero-order valence-electron chi connectivity index (χ0n) is 12.1. The second-order valence-corrected chi connectivity index (χ2v) is 5.65. The molecule has 21 heavy (non-hydrogen) atoms. The van der Waals surface area contributed by atoms with Gasteiger partial charge >= 0.3 is 0 Å². The molecule has 0 aliphatic heterocycles. The molecular weight excluding hydrogens is 333 g/mol. The highest BCUT2D eigenvalue weighted by atomic mass is 79.9. The largest absolute Gasteiger partial charge is 0.494 e. The number of alkyl halides is 1. The number of halogens is 2. The lowest BCUT2D eigenvalue weighted by atomic mass is 10.1. The van der Waals surface area contributed by atoms with Crippen LogP contribution in [-0.2, 0) is 13.1 Å². The minimum absolute atomic E-state index is 0.286. The molecule has 2 nitrogen and oxygen atoms in total. The first-order valence-electron chi connectivity index (χ1n) is 6.87. The quantitative estimate of drug-likeness (QED) is 0.692. The Kier molecular flexibility index (Phi) is 6.21. The Labute approximate surface area is 133 Å². The highest BCUT2D eigenvalue weighted by Gasteiger charge is 2.09. The molecule has 0 saturated heterocycles. The van der Waals surface area contributed by atoms with Gasteiger partial charge in [0.05, 0.1) is 7.11 Å². The first-order chi connectivity index (χ1) is 10.2. The lowest BCUT2D eigenvalue weighted by Gasteiger charge is -2.21. The van der Waals surface area contributed by atoms with Gasteiger partial charge in [-0.1, -0.05) is 52.3 Å². The molecule has 112 valence electrons. The van der Waals surface area contributed by atoms with Crippen molar-refractivity contribution in [3.05, 3.63) is 65.5 Å². The Hall–Kier alpha value is -1.39. The van der Waals surface area contributed by atoms with Crippen molar-refractivity contribution in [3.8, 4) is 5.75 Å². The summed E-state index contributed by atoms with van der Waals surface area (Å²) >= 11 is 3.48. The summed E-state index contributed by atoms with van der Waals surface area (Å²) in [6.45, 7) is 2.46. The number of hydrogen-bond acceptors (Lipinski definition) is 2. The number of methoxy groups -OCH3 is 1. The van der Waals surface area contributed by atoms with Crippen molar-refractivity contribution in [2.45, 2.75) is 13.1 Å². The number of benzene rings is 2. The molecule has 2 rings (SSSR count). The standard InChI is InChI=1S/C17H19BrFNO/c1-21-17-8-7-15(11-16(17)19)13-20(10-9-18)12-14-5-3-2-4-6-14/h2-8,11H,9-10,12-13H2,1H3. The maximum atomic E-state index is 13.8. The van der Waals surface area contributed by atoms with E-state index in [1.165, 1.54) is 12.7 Å². The van der Waals surface area contributed by atoms with Crippen LogP contribution in [0.5, 0.6) is 5.75 Å². The molecule has 0 unspecified atom stereocenters. The van der Waals surface area contributed by atoms with Gasteiger partial charge in [0.15, 0.2) is 11.6 Å². The fourth-order valence-corrected chi connectivity index (χ4v) is 2.74. The SMILES string of the molecule is COc1ccc(CN(CCBr)Cc2ccccc2)cc1F. The first-order valence-corrected chi connectivity index (χ1v) is 7.99. The molecule has 4 heteroatoms. The van der Waals surface area contributed by atoms with Crippen LogP contribution in [0, 0.1) is 5.82 Å². The number of rotatable bonds is 7. The van der Waals surface area contributed by atoms with Crippen LogP contribution >= 0.6 is 15.9 Å². The maximum Gasteiger partial charge on any atom is 0.165 e. The van der Waals surface area contributed by atoms with Gasteiger partial charge in [-0.25, -0.2) is 4.39 Å². The molecule has 0 radical (unpaired) electrons. The van der Waals surface area contributed by atoms with Gasteiger partial charge < -0.3 is 4.74 Å². The van der Waals surface area contributed by atoms with Crippen molar-refractivity contribution in [1.29, 1.82) is 0 Å². The third-order valence-electron chi connectivity index (χ3n) is 3.27. The smallest absolute Gasteiger partial charge is 0.165 e. The Balaban J connectivity index is 2.07. The molecule has 0 fully saturated rings. The third-order valence-corrected chi connectivity index (χ3v) is 3.63. The van der Waals surface area contributed by atoms with E-state index in [1.807, 2.05) is 24.3 Å². The van der Waals surface area contributed by atoms with Gasteiger partial charge in [-0.3, -0.25) is 4.90 Å². The van der Waals surface area contributed by atoms with Crippen molar-refractivity contribution >= 4 is 15.9 Å². The molecule has 0 saturated carbocycles. The second-order valence-electron chi connectivity index (χ2n) is 4.85. The van der Waals surface area contributed by atoms with Gasteiger partial charge in [-0.2, -0.15) is 0 Å². The van der Waals surface area contributed by atoms with Crippen molar-refractivity contribution in [2.24, 2.45) is 0 Å². The maximum absolute atomic E-state index is 13.8. The zero-order valence-corrected chi connectivity index (χ0v) is 13.6. The topological polar surface area (TPSA) is 12.5 Å². The molecule has 2 aromatic rings. The van der Waals surface area contributed by atoms with Crippen LogP contribution in [0.4, 0.5) is 4.39 Å². The number of ether oxygens (including phenoxy) is 1. The fourth-order valence-electron chi connectivity index (χ4n) is 2.24. The molecule has 0 aliphatic rings. The van der Waals surface area contributed by atoms with Crippen LogP contribution in [-0.4, -0.2) is 23.9 Å². The van der Waals surface area contributed by atoms with Gasteiger partial charge in [-0.15, -0.1) is 0 Å². The van der Waals surface area contributed by atoms with Crippen molar-refractivity contribution in [1.82, 2.24) is 4.90 Å². The Bertz CT molecular complexity index is 562. The van der Waals surface area contributed by atoms with Crippen LogP contribution in [0.15, 0.2) is 48.5 Å². The number of nitrogens with zero attached hydrogens (tertiary/aromatic N) is 1. The lowest BCUT2D eigenvalue weighted by molar-refractivity contribution is 0.274. The van der Waals surface area contributed by atoms with Gasteiger partial charge in [0, 0.05) is 25.0 Å². The number of hydrogen-bond donors (Lipinski definition) is 0. The predicted molar refractivity (Wildman–Crippen MR) is 87.3 cm³/mol. The summed E-state index contributed by atoms with van der Waals surface area (Å²) in [4.78, 5) is 2.28. The van der Waals surface area contributed by atoms with E-state index in [0.717, 1.165) is 24.0 Å². The fraction of sp³-hybridized carbons (Fsp3) is 0.294. The molecule has 0 spiro atoms. The van der Waals surface area contributed by atoms with Crippen LogP contribution in [0.3, 0.4) is 0 Å². The third kappa shape index (κ3) is 4.83. The molecule has 0 heterocycles. The van der Waals surface area contributed by atoms with E-state index in [0.29, 0.717) is 6.54 Å². The Morgan fingerprint density at radius 3 is 2.38 bits per heavy atom.